The average Bonchev–Trinajstić information content (AvgIpc) is 2.95. The van der Waals surface area contributed by atoms with Crippen molar-refractivity contribution < 1.29 is 19.4 Å². The molecule has 0 aliphatic rings. The van der Waals surface area contributed by atoms with Crippen LogP contribution in [-0.4, -0.2) is 23.1 Å². The van der Waals surface area contributed by atoms with Crippen molar-refractivity contribution in [2.75, 3.05) is 0 Å². The van der Waals surface area contributed by atoms with E-state index < -0.39 is 5.97 Å². The van der Waals surface area contributed by atoms with Crippen LogP contribution in [0.1, 0.15) is 219 Å². The molecule has 0 radical (unpaired) electrons. The summed E-state index contributed by atoms with van der Waals surface area (Å²) < 4.78 is 5.85. The van der Waals surface area contributed by atoms with Gasteiger partial charge >= 0.3 is 11.9 Å². The van der Waals surface area contributed by atoms with Crippen LogP contribution in [0.3, 0.4) is 0 Å². The Morgan fingerprint density at radius 3 is 1.10 bits per heavy atom. The van der Waals surface area contributed by atoms with Crippen molar-refractivity contribution in [3.05, 3.63) is 0 Å². The number of aliphatic carboxylic acids is 1. The van der Waals surface area contributed by atoms with Crippen molar-refractivity contribution in [2.45, 2.75) is 225 Å². The molecule has 0 heterocycles. The molecular weight excluding hydrogens is 508 g/mol. The van der Waals surface area contributed by atoms with Gasteiger partial charge in [0.2, 0.25) is 0 Å². The summed E-state index contributed by atoms with van der Waals surface area (Å²) in [6.07, 6.45) is 38.4. The largest absolute Gasteiger partial charge is 0.481 e. The zero-order valence-electron chi connectivity index (χ0n) is 27.9. The van der Waals surface area contributed by atoms with Gasteiger partial charge in [0, 0.05) is 12.8 Å². The number of rotatable bonds is 34. The first-order chi connectivity index (χ1) is 20.1. The van der Waals surface area contributed by atoms with Gasteiger partial charge in [0.1, 0.15) is 6.10 Å². The van der Waals surface area contributed by atoms with Crippen molar-refractivity contribution in [3.8, 4) is 0 Å². The number of unbranched alkanes of at least 4 members (excludes halogenated alkanes) is 25. The van der Waals surface area contributed by atoms with Gasteiger partial charge in [-0.25, -0.2) is 0 Å². The van der Waals surface area contributed by atoms with E-state index in [9.17, 15) is 9.59 Å². The summed E-state index contributed by atoms with van der Waals surface area (Å²) in [5, 5.41) is 8.89. The number of carbonyl (C=O) groups excluding carboxylic acids is 1. The first kappa shape index (κ1) is 39.9. The van der Waals surface area contributed by atoms with E-state index >= 15 is 0 Å². The molecular formula is C37H72O4. The monoisotopic (exact) mass is 581 g/mol. The summed E-state index contributed by atoms with van der Waals surface area (Å²) in [7, 11) is 0. The fourth-order valence-electron chi connectivity index (χ4n) is 5.83. The van der Waals surface area contributed by atoms with Gasteiger partial charge in [0.15, 0.2) is 0 Å². The van der Waals surface area contributed by atoms with E-state index in [0.29, 0.717) is 12.8 Å². The van der Waals surface area contributed by atoms with E-state index in [1.54, 1.807) is 0 Å². The van der Waals surface area contributed by atoms with E-state index in [0.717, 1.165) is 38.5 Å². The normalized spacial score (nSPS) is 12.0. The number of ether oxygens (including phenoxy) is 1. The molecule has 1 unspecified atom stereocenters. The second-order valence-electron chi connectivity index (χ2n) is 12.8. The lowest BCUT2D eigenvalue weighted by Gasteiger charge is -2.18. The zero-order valence-corrected chi connectivity index (χ0v) is 27.9. The number of hydrogen-bond acceptors (Lipinski definition) is 3. The number of carboxylic acids is 1. The minimum atomic E-state index is -0.741. The smallest absolute Gasteiger partial charge is 0.306 e. The van der Waals surface area contributed by atoms with E-state index in [-0.39, 0.29) is 18.5 Å². The molecule has 4 nitrogen and oxygen atoms in total. The number of hydrogen-bond donors (Lipinski definition) is 1. The van der Waals surface area contributed by atoms with E-state index in [1.165, 1.54) is 148 Å². The van der Waals surface area contributed by atoms with Crippen molar-refractivity contribution in [2.24, 2.45) is 0 Å². The van der Waals surface area contributed by atoms with Gasteiger partial charge in [-0.15, -0.1) is 0 Å². The van der Waals surface area contributed by atoms with Gasteiger partial charge in [0.05, 0.1) is 0 Å². The number of carboxylic acid groups (broad SMARTS) is 1. The van der Waals surface area contributed by atoms with Gasteiger partial charge in [-0.2, -0.15) is 0 Å². The lowest BCUT2D eigenvalue weighted by atomic mass is 10.0. The van der Waals surface area contributed by atoms with Crippen LogP contribution in [0, 0.1) is 0 Å². The Labute approximate surface area is 256 Å². The van der Waals surface area contributed by atoms with Crippen LogP contribution in [0.25, 0.3) is 0 Å². The highest BCUT2D eigenvalue weighted by Crippen LogP contribution is 2.18. The molecule has 0 amide bonds. The third-order valence-electron chi connectivity index (χ3n) is 8.58. The predicted octanol–water partition coefficient (Wildman–Crippen LogP) is 12.5. The van der Waals surface area contributed by atoms with Crippen LogP contribution in [0.2, 0.25) is 0 Å². The maximum atomic E-state index is 12.5. The third kappa shape index (κ3) is 33.3. The standard InChI is InChI=1S/C37H72O4/c1-3-5-7-9-11-12-13-14-15-16-17-18-19-20-21-22-24-26-28-34-37(40)41-35(32-29-30-33-36(38)39)31-27-25-23-10-8-6-4-2/h35H,3-34H2,1-2H3,(H,38,39). The van der Waals surface area contributed by atoms with Crippen LogP contribution < -0.4 is 0 Å². The lowest BCUT2D eigenvalue weighted by molar-refractivity contribution is -0.150. The summed E-state index contributed by atoms with van der Waals surface area (Å²) in [4.78, 5) is 23.3. The van der Waals surface area contributed by atoms with Crippen LogP contribution in [0.4, 0.5) is 0 Å². The second-order valence-corrected chi connectivity index (χ2v) is 12.8. The second kappa shape index (κ2) is 33.4. The minimum Gasteiger partial charge on any atom is -0.481 e. The molecule has 1 atom stereocenters. The summed E-state index contributed by atoms with van der Waals surface area (Å²) in [6.45, 7) is 4.53. The van der Waals surface area contributed by atoms with Gasteiger partial charge in [0.25, 0.3) is 0 Å². The minimum absolute atomic E-state index is 0.0349. The van der Waals surface area contributed by atoms with Gasteiger partial charge < -0.3 is 9.84 Å². The Hall–Kier alpha value is -1.06. The molecule has 0 aromatic carbocycles. The topological polar surface area (TPSA) is 63.6 Å². The first-order valence-corrected chi connectivity index (χ1v) is 18.5. The molecule has 0 rings (SSSR count). The third-order valence-corrected chi connectivity index (χ3v) is 8.58. The van der Waals surface area contributed by atoms with Gasteiger partial charge in [-0.3, -0.25) is 9.59 Å². The van der Waals surface area contributed by atoms with Crippen molar-refractivity contribution >= 4 is 11.9 Å². The molecule has 0 saturated heterocycles. The Kier molecular flexibility index (Phi) is 32.6. The molecule has 0 fully saturated rings. The maximum Gasteiger partial charge on any atom is 0.306 e. The van der Waals surface area contributed by atoms with Gasteiger partial charge in [-0.05, 0) is 38.5 Å². The highest BCUT2D eigenvalue weighted by molar-refractivity contribution is 5.69. The Morgan fingerprint density at radius 1 is 0.439 bits per heavy atom. The molecule has 0 bridgehead atoms. The number of carbonyl (C=O) groups is 2. The van der Waals surface area contributed by atoms with E-state index in [4.69, 9.17) is 9.84 Å². The lowest BCUT2D eigenvalue weighted by Crippen LogP contribution is -2.18. The Balaban J connectivity index is 3.68. The molecule has 0 spiro atoms. The highest BCUT2D eigenvalue weighted by Gasteiger charge is 2.14. The first-order valence-electron chi connectivity index (χ1n) is 18.5. The fourth-order valence-corrected chi connectivity index (χ4v) is 5.83. The molecule has 41 heavy (non-hydrogen) atoms. The van der Waals surface area contributed by atoms with Crippen LogP contribution in [0.5, 0.6) is 0 Å². The molecule has 244 valence electrons. The molecule has 1 N–H and O–H groups in total. The van der Waals surface area contributed by atoms with Crippen molar-refractivity contribution in [1.82, 2.24) is 0 Å². The zero-order chi connectivity index (χ0) is 30.1. The molecule has 0 aliphatic carbocycles. The molecule has 0 aliphatic heterocycles. The molecule has 0 aromatic heterocycles. The molecule has 4 heteroatoms. The summed E-state index contributed by atoms with van der Waals surface area (Å²) in [5.74, 6) is -0.793. The van der Waals surface area contributed by atoms with Crippen molar-refractivity contribution in [3.63, 3.8) is 0 Å². The summed E-state index contributed by atoms with van der Waals surface area (Å²) in [5.41, 5.74) is 0. The molecule has 0 saturated carbocycles. The van der Waals surface area contributed by atoms with E-state index in [1.807, 2.05) is 0 Å². The number of esters is 1. The highest BCUT2D eigenvalue weighted by atomic mass is 16.5. The maximum absolute atomic E-state index is 12.5. The fraction of sp³-hybridized carbons (Fsp3) is 0.946. The Bertz CT molecular complexity index is 547. The van der Waals surface area contributed by atoms with Crippen LogP contribution in [0.15, 0.2) is 0 Å². The van der Waals surface area contributed by atoms with Gasteiger partial charge in [-0.1, -0.05) is 168 Å². The average molecular weight is 581 g/mol. The quantitative estimate of drug-likeness (QED) is 0.0607. The summed E-state index contributed by atoms with van der Waals surface area (Å²) in [6, 6.07) is 0. The molecule has 0 aromatic rings. The van der Waals surface area contributed by atoms with Crippen molar-refractivity contribution in [1.29, 1.82) is 0 Å². The van der Waals surface area contributed by atoms with E-state index in [2.05, 4.69) is 13.8 Å². The van der Waals surface area contributed by atoms with Crippen LogP contribution >= 0.6 is 0 Å². The summed E-state index contributed by atoms with van der Waals surface area (Å²) >= 11 is 0. The predicted molar refractivity (Wildman–Crippen MR) is 177 cm³/mol. The van der Waals surface area contributed by atoms with Crippen LogP contribution in [-0.2, 0) is 14.3 Å². The SMILES string of the molecule is CCCCCCCCCCCCCCCCCCCCCC(=O)OC(CCCCCCCCC)CCCCC(=O)O. The Morgan fingerprint density at radius 2 is 0.732 bits per heavy atom.